The van der Waals surface area contributed by atoms with E-state index in [2.05, 4.69) is 15.6 Å². The summed E-state index contributed by atoms with van der Waals surface area (Å²) in [6.45, 7) is 4.34. The number of unbranched alkanes of at least 4 members (excludes halogenated alkanes) is 1. The topological polar surface area (TPSA) is 247 Å². The number of benzene rings is 1. The summed E-state index contributed by atoms with van der Waals surface area (Å²) in [7, 11) is -4.74. The van der Waals surface area contributed by atoms with Crippen LogP contribution in [0.5, 0.6) is 5.75 Å². The first-order valence-corrected chi connectivity index (χ1v) is 16.6. The molecule has 2 aliphatic rings. The van der Waals surface area contributed by atoms with Gasteiger partial charge < -0.3 is 37.2 Å². The Morgan fingerprint density at radius 1 is 1.13 bits per heavy atom. The molecule has 16 heteroatoms. The SMILES string of the molecule is CC[C@H](C)[C@@H](NC(=O)[C@@H](O)Cc1ccc(O)cc1)C(=O)N1[C@@H]2C[C@H](OS(=O)(=O)O)CC[C@H]2C[C@H]1C(=O)NCCCCN=C(N)N. The van der Waals surface area contributed by atoms with E-state index in [0.29, 0.717) is 57.2 Å². The molecule has 2 fully saturated rings. The van der Waals surface area contributed by atoms with Gasteiger partial charge in [-0.2, -0.15) is 8.42 Å². The van der Waals surface area contributed by atoms with Crippen LogP contribution in [0, 0.1) is 11.8 Å². The van der Waals surface area contributed by atoms with Crippen molar-refractivity contribution in [2.24, 2.45) is 28.3 Å². The van der Waals surface area contributed by atoms with Gasteiger partial charge in [-0.05, 0) is 68.1 Å². The lowest BCUT2D eigenvalue weighted by Gasteiger charge is -2.39. The largest absolute Gasteiger partial charge is 0.508 e. The molecule has 3 rings (SSSR count). The number of hydrogen-bond acceptors (Lipinski definition) is 9. The van der Waals surface area contributed by atoms with E-state index < -0.39 is 52.5 Å². The number of aliphatic hydroxyl groups is 1. The maximum atomic E-state index is 14.3. The standard InChI is InChI=1S/C29H46N6O9S/c1-3-17(2)25(34-27(39)24(37)14-18-6-9-20(36)10-7-18)28(40)35-22-16-21(44-45(41,42)43)11-8-19(22)15-23(35)26(38)32-12-4-5-13-33-29(30)31/h6-7,9-10,17,19,21-25,36-37H,3-5,8,11-16H2,1-2H3,(H,32,38)(H,34,39)(H4,30,31,33)(H,41,42,43)/t17-,19-,21+,22+,23-,24-,25+/m0/s1. The molecule has 45 heavy (non-hydrogen) atoms. The normalized spacial score (nSPS) is 23.3. The highest BCUT2D eigenvalue weighted by Crippen LogP contribution is 2.41. The molecule has 1 aliphatic carbocycles. The first-order valence-electron chi connectivity index (χ1n) is 15.3. The molecule has 7 atom stereocenters. The molecule has 0 bridgehead atoms. The van der Waals surface area contributed by atoms with E-state index in [1.807, 2.05) is 6.92 Å². The highest BCUT2D eigenvalue weighted by atomic mass is 32.3. The number of aliphatic imine (C=N–C) groups is 1. The van der Waals surface area contributed by atoms with Crippen molar-refractivity contribution >= 4 is 34.1 Å². The summed E-state index contributed by atoms with van der Waals surface area (Å²) in [5.74, 6) is -2.17. The lowest BCUT2D eigenvalue weighted by Crippen LogP contribution is -2.59. The number of nitrogens with one attached hydrogen (secondary N) is 2. The van der Waals surface area contributed by atoms with Crippen molar-refractivity contribution in [2.45, 2.75) is 95.5 Å². The van der Waals surface area contributed by atoms with Gasteiger partial charge in [0.15, 0.2) is 5.96 Å². The maximum Gasteiger partial charge on any atom is 0.397 e. The average molecular weight is 655 g/mol. The first-order chi connectivity index (χ1) is 21.2. The van der Waals surface area contributed by atoms with E-state index in [4.69, 9.17) is 15.7 Å². The number of amides is 3. The molecule has 1 heterocycles. The summed E-state index contributed by atoms with van der Waals surface area (Å²) >= 11 is 0. The summed E-state index contributed by atoms with van der Waals surface area (Å²) in [5.41, 5.74) is 11.3. The third-order valence-corrected chi connectivity index (χ3v) is 9.08. The molecule has 0 radical (unpaired) electrons. The fourth-order valence-corrected chi connectivity index (χ4v) is 6.56. The number of rotatable bonds is 15. The molecule has 3 amide bonds. The quantitative estimate of drug-likeness (QED) is 0.0572. The van der Waals surface area contributed by atoms with E-state index in [0.717, 1.165) is 0 Å². The third-order valence-electron chi connectivity index (χ3n) is 8.57. The Kier molecular flexibility index (Phi) is 13.0. The number of nitrogens with zero attached hydrogens (tertiary/aromatic N) is 2. The van der Waals surface area contributed by atoms with Gasteiger partial charge in [0.25, 0.3) is 0 Å². The van der Waals surface area contributed by atoms with Crippen LogP contribution in [-0.4, -0.2) is 95.2 Å². The van der Waals surface area contributed by atoms with Gasteiger partial charge in [-0.1, -0.05) is 32.4 Å². The van der Waals surface area contributed by atoms with E-state index in [-0.39, 0.29) is 42.3 Å². The summed E-state index contributed by atoms with van der Waals surface area (Å²) in [6.07, 6.45) is 0.462. The lowest BCUT2D eigenvalue weighted by molar-refractivity contribution is -0.146. The van der Waals surface area contributed by atoms with Gasteiger partial charge in [-0.15, -0.1) is 0 Å². The molecule has 1 saturated carbocycles. The van der Waals surface area contributed by atoms with Gasteiger partial charge >= 0.3 is 10.4 Å². The minimum Gasteiger partial charge on any atom is -0.508 e. The number of carbonyl (C=O) groups is 3. The lowest BCUT2D eigenvalue weighted by atomic mass is 9.83. The van der Waals surface area contributed by atoms with Crippen LogP contribution in [0.25, 0.3) is 0 Å². The second-order valence-corrected chi connectivity index (χ2v) is 12.9. The average Bonchev–Trinajstić information content (AvgIpc) is 3.35. The van der Waals surface area contributed by atoms with Crippen molar-refractivity contribution in [1.82, 2.24) is 15.5 Å². The van der Waals surface area contributed by atoms with Crippen molar-refractivity contribution < 1.29 is 41.8 Å². The fraction of sp³-hybridized carbons (Fsp3) is 0.655. The summed E-state index contributed by atoms with van der Waals surface area (Å²) in [5, 5.41) is 25.7. The maximum absolute atomic E-state index is 14.3. The summed E-state index contributed by atoms with van der Waals surface area (Å²) in [6, 6.07) is 3.47. The van der Waals surface area contributed by atoms with Crippen LogP contribution in [0.3, 0.4) is 0 Å². The van der Waals surface area contributed by atoms with Crippen LogP contribution in [-0.2, 0) is 35.4 Å². The molecule has 1 aromatic carbocycles. The second-order valence-electron chi connectivity index (χ2n) is 11.8. The molecule has 1 aromatic rings. The molecule has 1 saturated heterocycles. The number of aliphatic hydroxyl groups excluding tert-OH is 1. The summed E-state index contributed by atoms with van der Waals surface area (Å²) in [4.78, 5) is 46.3. The number of hydrogen-bond donors (Lipinski definition) is 7. The first kappa shape index (κ1) is 36.0. The number of fused-ring (bicyclic) bond motifs is 1. The predicted molar refractivity (Wildman–Crippen MR) is 165 cm³/mol. The van der Waals surface area contributed by atoms with Gasteiger partial charge in [0.2, 0.25) is 17.7 Å². The Bertz CT molecular complexity index is 1310. The Labute approximate surface area is 263 Å². The molecule has 15 nitrogen and oxygen atoms in total. The molecular formula is C29H46N6O9S. The minimum absolute atomic E-state index is 0.0196. The van der Waals surface area contributed by atoms with Crippen molar-refractivity contribution in [3.8, 4) is 5.75 Å². The monoisotopic (exact) mass is 654 g/mol. The van der Waals surface area contributed by atoms with Gasteiger partial charge in [0, 0.05) is 25.6 Å². The smallest absolute Gasteiger partial charge is 0.397 e. The van der Waals surface area contributed by atoms with E-state index >= 15 is 0 Å². The van der Waals surface area contributed by atoms with Gasteiger partial charge in [0.1, 0.15) is 23.9 Å². The molecular weight excluding hydrogens is 608 g/mol. The number of phenols is 1. The zero-order valence-electron chi connectivity index (χ0n) is 25.7. The Morgan fingerprint density at radius 3 is 2.44 bits per heavy atom. The molecule has 1 aliphatic heterocycles. The number of aromatic hydroxyl groups is 1. The number of guanidine groups is 1. The molecule has 0 aromatic heterocycles. The summed E-state index contributed by atoms with van der Waals surface area (Å²) < 4.78 is 37.1. The van der Waals surface area contributed by atoms with Crippen LogP contribution < -0.4 is 22.1 Å². The predicted octanol–water partition coefficient (Wildman–Crippen LogP) is -0.0461. The van der Waals surface area contributed by atoms with Crippen LogP contribution in [0.1, 0.15) is 64.4 Å². The van der Waals surface area contributed by atoms with Crippen LogP contribution in [0.2, 0.25) is 0 Å². The van der Waals surface area contributed by atoms with Gasteiger partial charge in [0.05, 0.1) is 6.10 Å². The van der Waals surface area contributed by atoms with Crippen molar-refractivity contribution in [2.75, 3.05) is 13.1 Å². The second kappa shape index (κ2) is 16.2. The molecule has 0 unspecified atom stereocenters. The van der Waals surface area contributed by atoms with Crippen molar-refractivity contribution in [3.05, 3.63) is 29.8 Å². The minimum atomic E-state index is -4.74. The van der Waals surface area contributed by atoms with Gasteiger partial charge in [-0.25, -0.2) is 4.18 Å². The zero-order valence-corrected chi connectivity index (χ0v) is 26.5. The highest BCUT2D eigenvalue weighted by Gasteiger charge is 2.51. The van der Waals surface area contributed by atoms with Crippen molar-refractivity contribution in [3.63, 3.8) is 0 Å². The van der Waals surface area contributed by atoms with Gasteiger partial charge in [-0.3, -0.25) is 23.9 Å². The Balaban J connectivity index is 1.81. The highest BCUT2D eigenvalue weighted by molar-refractivity contribution is 7.80. The molecule has 252 valence electrons. The number of nitrogens with two attached hydrogens (primary N) is 2. The van der Waals surface area contributed by atoms with E-state index in [1.54, 1.807) is 19.1 Å². The van der Waals surface area contributed by atoms with Crippen LogP contribution in [0.15, 0.2) is 29.3 Å². The number of phenolic OH excluding ortho intramolecular Hbond substituents is 1. The third kappa shape index (κ3) is 10.5. The zero-order chi connectivity index (χ0) is 33.3. The fourth-order valence-electron chi connectivity index (χ4n) is 6.04. The Morgan fingerprint density at radius 2 is 1.82 bits per heavy atom. The molecule has 9 N–H and O–H groups in total. The van der Waals surface area contributed by atoms with E-state index in [9.17, 15) is 37.6 Å². The Hall–Kier alpha value is -3.47. The van der Waals surface area contributed by atoms with E-state index in [1.165, 1.54) is 17.0 Å². The number of carbonyl (C=O) groups excluding carboxylic acids is 3. The van der Waals surface area contributed by atoms with Crippen LogP contribution >= 0.6 is 0 Å². The van der Waals surface area contributed by atoms with Crippen LogP contribution in [0.4, 0.5) is 0 Å². The number of likely N-dealkylation sites (tertiary alicyclic amines) is 1. The molecule has 0 spiro atoms. The van der Waals surface area contributed by atoms with Crippen molar-refractivity contribution in [1.29, 1.82) is 0 Å².